The fourth-order valence-electron chi connectivity index (χ4n) is 2.80. The monoisotopic (exact) mass is 343 g/mol. The van der Waals surface area contributed by atoms with Gasteiger partial charge in [0.25, 0.3) is 0 Å². The first kappa shape index (κ1) is 17.0. The van der Waals surface area contributed by atoms with Crippen molar-refractivity contribution in [2.24, 2.45) is 0 Å². The van der Waals surface area contributed by atoms with Crippen LogP contribution in [0.15, 0.2) is 12.1 Å². The van der Waals surface area contributed by atoms with Crippen LogP contribution in [0.2, 0.25) is 0 Å². The van der Waals surface area contributed by atoms with Crippen LogP contribution >= 0.6 is 0 Å². The maximum Gasteiger partial charge on any atom is 0.206 e. The number of aliphatic hydroxyl groups is 3. The molecule has 1 aliphatic rings. The first-order valence-corrected chi connectivity index (χ1v) is 7.59. The molecule has 0 aliphatic carbocycles. The minimum absolute atomic E-state index is 0.0487. The lowest BCUT2D eigenvalue weighted by atomic mass is 10.1. The Morgan fingerprint density at radius 3 is 2.50 bits per heavy atom. The molecule has 132 valence electrons. The van der Waals surface area contributed by atoms with E-state index in [1.54, 1.807) is 0 Å². The highest BCUT2D eigenvalue weighted by atomic mass is 19.2. The number of hydrogen-bond donors (Lipinski definition) is 4. The maximum atomic E-state index is 13.7. The molecule has 1 fully saturated rings. The second-order valence-corrected chi connectivity index (χ2v) is 6.09. The fraction of sp³-hybridized carbons (Fsp3) is 0.533. The predicted molar refractivity (Wildman–Crippen MR) is 81.4 cm³/mol. The molecular formula is C15H19F2N3O4. The van der Waals surface area contributed by atoms with E-state index in [1.807, 2.05) is 13.8 Å². The van der Waals surface area contributed by atoms with Crippen LogP contribution in [-0.4, -0.2) is 55.8 Å². The molecule has 0 amide bonds. The molecule has 2 aromatic rings. The highest BCUT2D eigenvalue weighted by Crippen LogP contribution is 2.35. The van der Waals surface area contributed by atoms with Crippen molar-refractivity contribution in [3.8, 4) is 0 Å². The third-order valence-electron chi connectivity index (χ3n) is 3.92. The fourth-order valence-corrected chi connectivity index (χ4v) is 2.80. The lowest BCUT2D eigenvalue weighted by Crippen LogP contribution is -2.33. The maximum absolute atomic E-state index is 13.7. The van der Waals surface area contributed by atoms with E-state index in [0.29, 0.717) is 0 Å². The first-order chi connectivity index (χ1) is 11.3. The SMILES string of the molecule is CC(C)Nc1nc2cc(F)c(F)cc2n1[C@@H]1O[C@H](CO)[C@@H](O)[C@H]1O. The number of hydrogen-bond acceptors (Lipinski definition) is 6. The van der Waals surface area contributed by atoms with E-state index < -0.39 is 42.8 Å². The highest BCUT2D eigenvalue weighted by Gasteiger charge is 2.44. The molecule has 9 heteroatoms. The number of aromatic nitrogens is 2. The standard InChI is InChI=1S/C15H19F2N3O4/c1-6(2)18-15-19-9-3-7(16)8(17)4-10(9)20(15)14-13(23)12(22)11(5-21)24-14/h3-4,6,11-14,21-23H,5H2,1-2H3,(H,18,19)/t11-,12-,13-,14-/m1/s1. The Bertz CT molecular complexity index is 752. The summed E-state index contributed by atoms with van der Waals surface area (Å²) in [7, 11) is 0. The zero-order valence-electron chi connectivity index (χ0n) is 13.1. The van der Waals surface area contributed by atoms with Crippen molar-refractivity contribution in [1.82, 2.24) is 9.55 Å². The van der Waals surface area contributed by atoms with E-state index in [1.165, 1.54) is 4.57 Å². The largest absolute Gasteiger partial charge is 0.394 e. The van der Waals surface area contributed by atoms with Crippen LogP contribution in [-0.2, 0) is 4.74 Å². The molecule has 2 heterocycles. The van der Waals surface area contributed by atoms with Crippen molar-refractivity contribution >= 4 is 17.0 Å². The molecule has 4 N–H and O–H groups in total. The van der Waals surface area contributed by atoms with Crippen LogP contribution in [0, 0.1) is 11.6 Å². The molecule has 1 saturated heterocycles. The molecule has 1 aromatic carbocycles. The first-order valence-electron chi connectivity index (χ1n) is 7.59. The zero-order chi connectivity index (χ0) is 17.6. The van der Waals surface area contributed by atoms with Gasteiger partial charge < -0.3 is 25.4 Å². The molecule has 3 rings (SSSR count). The van der Waals surface area contributed by atoms with E-state index in [2.05, 4.69) is 10.3 Å². The molecule has 0 radical (unpaired) electrons. The average molecular weight is 343 g/mol. The van der Waals surface area contributed by atoms with Gasteiger partial charge in [0.05, 0.1) is 17.6 Å². The summed E-state index contributed by atoms with van der Waals surface area (Å²) in [4.78, 5) is 4.22. The third kappa shape index (κ3) is 2.73. The van der Waals surface area contributed by atoms with Crippen LogP contribution in [0.25, 0.3) is 11.0 Å². The molecular weight excluding hydrogens is 324 g/mol. The molecule has 24 heavy (non-hydrogen) atoms. The van der Waals surface area contributed by atoms with Crippen LogP contribution in [0.5, 0.6) is 0 Å². The molecule has 0 saturated carbocycles. The van der Waals surface area contributed by atoms with Crippen molar-refractivity contribution < 1.29 is 28.8 Å². The number of fused-ring (bicyclic) bond motifs is 1. The molecule has 0 spiro atoms. The number of anilines is 1. The molecule has 7 nitrogen and oxygen atoms in total. The number of benzene rings is 1. The Balaban J connectivity index is 2.15. The quantitative estimate of drug-likeness (QED) is 0.654. The topological polar surface area (TPSA) is 99.8 Å². The van der Waals surface area contributed by atoms with Gasteiger partial charge in [0.15, 0.2) is 17.9 Å². The van der Waals surface area contributed by atoms with Gasteiger partial charge in [-0.1, -0.05) is 0 Å². The van der Waals surface area contributed by atoms with Crippen LogP contribution in [0.1, 0.15) is 20.1 Å². The Labute approximate surface area is 136 Å². The van der Waals surface area contributed by atoms with Gasteiger partial charge in [-0.05, 0) is 13.8 Å². The van der Waals surface area contributed by atoms with Crippen LogP contribution < -0.4 is 5.32 Å². The highest BCUT2D eigenvalue weighted by molar-refractivity contribution is 5.79. The van der Waals surface area contributed by atoms with E-state index in [9.17, 15) is 24.1 Å². The number of imidazole rings is 1. The van der Waals surface area contributed by atoms with Gasteiger partial charge in [0.2, 0.25) is 5.95 Å². The van der Waals surface area contributed by atoms with E-state index in [-0.39, 0.29) is 23.0 Å². The summed E-state index contributed by atoms with van der Waals surface area (Å²) in [6.07, 6.45) is -4.76. The number of nitrogens with one attached hydrogen (secondary N) is 1. The van der Waals surface area contributed by atoms with Gasteiger partial charge >= 0.3 is 0 Å². The van der Waals surface area contributed by atoms with Gasteiger partial charge in [-0.25, -0.2) is 13.8 Å². The number of rotatable bonds is 4. The predicted octanol–water partition coefficient (Wildman–Crippen LogP) is 0.746. The lowest BCUT2D eigenvalue weighted by molar-refractivity contribution is -0.0499. The summed E-state index contributed by atoms with van der Waals surface area (Å²) < 4.78 is 34.0. The Morgan fingerprint density at radius 1 is 1.25 bits per heavy atom. The minimum atomic E-state index is -1.36. The normalized spacial score (nSPS) is 27.3. The number of halogens is 2. The summed E-state index contributed by atoms with van der Waals surface area (Å²) in [5.41, 5.74) is 0.377. The molecule has 0 bridgehead atoms. The van der Waals surface area contributed by atoms with E-state index in [4.69, 9.17) is 4.74 Å². The second-order valence-electron chi connectivity index (χ2n) is 6.09. The molecule has 1 aromatic heterocycles. The lowest BCUT2D eigenvalue weighted by Gasteiger charge is -2.21. The van der Waals surface area contributed by atoms with Gasteiger partial charge in [-0.15, -0.1) is 0 Å². The summed E-state index contributed by atoms with van der Waals surface area (Å²) in [5.74, 6) is -1.87. The van der Waals surface area contributed by atoms with E-state index in [0.717, 1.165) is 12.1 Å². The summed E-state index contributed by atoms with van der Waals surface area (Å²) in [5, 5.41) is 32.4. The van der Waals surface area contributed by atoms with Gasteiger partial charge in [-0.3, -0.25) is 4.57 Å². The number of aliphatic hydroxyl groups excluding tert-OH is 3. The third-order valence-corrected chi connectivity index (χ3v) is 3.92. The molecule has 1 aliphatic heterocycles. The van der Waals surface area contributed by atoms with Crippen molar-refractivity contribution in [1.29, 1.82) is 0 Å². The van der Waals surface area contributed by atoms with Gasteiger partial charge in [0, 0.05) is 18.2 Å². The van der Waals surface area contributed by atoms with Crippen molar-refractivity contribution in [3.05, 3.63) is 23.8 Å². The van der Waals surface area contributed by atoms with Crippen molar-refractivity contribution in [2.75, 3.05) is 11.9 Å². The molecule has 4 atom stereocenters. The Kier molecular flexibility index (Phi) is 4.43. The summed E-state index contributed by atoms with van der Waals surface area (Å²) in [6, 6.07) is 1.86. The summed E-state index contributed by atoms with van der Waals surface area (Å²) >= 11 is 0. The summed E-state index contributed by atoms with van der Waals surface area (Å²) in [6.45, 7) is 3.21. The minimum Gasteiger partial charge on any atom is -0.394 e. The van der Waals surface area contributed by atoms with Crippen molar-refractivity contribution in [2.45, 2.75) is 44.4 Å². The Morgan fingerprint density at radius 2 is 1.92 bits per heavy atom. The Hall–Kier alpha value is -1.81. The van der Waals surface area contributed by atoms with Crippen LogP contribution in [0.3, 0.4) is 0 Å². The van der Waals surface area contributed by atoms with Crippen LogP contribution in [0.4, 0.5) is 14.7 Å². The number of ether oxygens (including phenoxy) is 1. The smallest absolute Gasteiger partial charge is 0.206 e. The molecule has 0 unspecified atom stereocenters. The van der Waals surface area contributed by atoms with Gasteiger partial charge in [-0.2, -0.15) is 0 Å². The van der Waals surface area contributed by atoms with E-state index >= 15 is 0 Å². The van der Waals surface area contributed by atoms with Crippen molar-refractivity contribution in [3.63, 3.8) is 0 Å². The average Bonchev–Trinajstić information content (AvgIpc) is 2.97. The zero-order valence-corrected chi connectivity index (χ0v) is 13.1. The number of nitrogens with zero attached hydrogens (tertiary/aromatic N) is 2. The van der Waals surface area contributed by atoms with Gasteiger partial charge in [0.1, 0.15) is 18.3 Å². The second kappa shape index (κ2) is 6.25.